The van der Waals surface area contributed by atoms with Gasteiger partial charge in [0.05, 0.1) is 11.0 Å². The average molecular weight is 360 g/mol. The Hall–Kier alpha value is -1.98. The number of para-hydroxylation sites is 2. The molecule has 4 nitrogen and oxygen atoms in total. The van der Waals surface area contributed by atoms with Crippen LogP contribution in [0.25, 0.3) is 11.0 Å². The molecule has 0 aliphatic rings. The second-order valence-corrected chi connectivity index (χ2v) is 7.05. The highest BCUT2D eigenvalue weighted by Gasteiger charge is 2.10. The first-order valence-electron chi connectivity index (χ1n) is 7.65. The third kappa shape index (κ3) is 3.74. The van der Waals surface area contributed by atoms with Crippen LogP contribution in [0.3, 0.4) is 0 Å². The van der Waals surface area contributed by atoms with E-state index < -0.39 is 0 Å². The van der Waals surface area contributed by atoms with E-state index in [9.17, 15) is 4.79 Å². The molecule has 124 valence electrons. The minimum absolute atomic E-state index is 0.0216. The van der Waals surface area contributed by atoms with Crippen LogP contribution >= 0.6 is 23.4 Å². The number of hydrogen-bond donors (Lipinski definition) is 1. The third-order valence-electron chi connectivity index (χ3n) is 3.78. The van der Waals surface area contributed by atoms with Crippen LogP contribution in [0.1, 0.15) is 12.0 Å². The smallest absolute Gasteiger partial charge is 0.225 e. The predicted molar refractivity (Wildman–Crippen MR) is 101 cm³/mol. The summed E-state index contributed by atoms with van der Waals surface area (Å²) in [4.78, 5) is 16.7. The molecule has 0 unspecified atom stereocenters. The van der Waals surface area contributed by atoms with Crippen LogP contribution in [0.15, 0.2) is 47.6 Å². The second-order valence-electron chi connectivity index (χ2n) is 5.55. The second kappa shape index (κ2) is 7.28. The number of thioether (sulfide) groups is 1. The highest BCUT2D eigenvalue weighted by atomic mass is 35.5. The summed E-state index contributed by atoms with van der Waals surface area (Å²) in [6, 6.07) is 13.5. The monoisotopic (exact) mass is 359 g/mol. The van der Waals surface area contributed by atoms with Crippen molar-refractivity contribution >= 4 is 46.0 Å². The zero-order valence-electron chi connectivity index (χ0n) is 13.5. The topological polar surface area (TPSA) is 46.9 Å². The molecule has 0 aliphatic carbocycles. The normalized spacial score (nSPS) is 11.0. The summed E-state index contributed by atoms with van der Waals surface area (Å²) < 4.78 is 2.05. The molecule has 1 aromatic heterocycles. The van der Waals surface area contributed by atoms with Gasteiger partial charge in [-0.1, -0.05) is 41.6 Å². The summed E-state index contributed by atoms with van der Waals surface area (Å²) in [6.07, 6.45) is 0.416. The van der Waals surface area contributed by atoms with Crippen LogP contribution in [-0.4, -0.2) is 21.2 Å². The van der Waals surface area contributed by atoms with Crippen LogP contribution in [0.4, 0.5) is 5.69 Å². The Morgan fingerprint density at radius 1 is 1.29 bits per heavy atom. The maximum absolute atomic E-state index is 12.1. The van der Waals surface area contributed by atoms with Gasteiger partial charge in [0.2, 0.25) is 5.91 Å². The van der Waals surface area contributed by atoms with Crippen molar-refractivity contribution in [2.24, 2.45) is 7.05 Å². The van der Waals surface area contributed by atoms with Gasteiger partial charge in [0.15, 0.2) is 5.16 Å². The summed E-state index contributed by atoms with van der Waals surface area (Å²) in [5.74, 6) is 0.648. The molecule has 24 heavy (non-hydrogen) atoms. The van der Waals surface area contributed by atoms with Gasteiger partial charge in [-0.05, 0) is 36.8 Å². The molecule has 1 N–H and O–H groups in total. The molecule has 2 aromatic carbocycles. The number of nitrogens with zero attached hydrogens (tertiary/aromatic N) is 2. The van der Waals surface area contributed by atoms with E-state index in [0.29, 0.717) is 17.2 Å². The molecule has 1 heterocycles. The molecule has 6 heteroatoms. The Bertz CT molecular complexity index is 891. The minimum atomic E-state index is -0.0216. The van der Waals surface area contributed by atoms with E-state index in [2.05, 4.69) is 14.9 Å². The molecular weight excluding hydrogens is 342 g/mol. The fourth-order valence-corrected chi connectivity index (χ4v) is 3.53. The number of aromatic nitrogens is 2. The van der Waals surface area contributed by atoms with E-state index in [0.717, 1.165) is 27.4 Å². The number of imidazole rings is 1. The van der Waals surface area contributed by atoms with E-state index in [1.807, 2.05) is 50.4 Å². The number of halogens is 1. The Morgan fingerprint density at radius 3 is 2.88 bits per heavy atom. The highest BCUT2D eigenvalue weighted by molar-refractivity contribution is 7.99. The number of benzene rings is 2. The number of carbonyl (C=O) groups excluding carboxylic acids is 1. The summed E-state index contributed by atoms with van der Waals surface area (Å²) in [5, 5.41) is 4.45. The lowest BCUT2D eigenvalue weighted by Gasteiger charge is -2.08. The lowest BCUT2D eigenvalue weighted by atomic mass is 10.2. The molecular formula is C18H18ClN3OS. The molecule has 3 aromatic rings. The van der Waals surface area contributed by atoms with Crippen LogP contribution in [0, 0.1) is 6.92 Å². The van der Waals surface area contributed by atoms with E-state index in [1.165, 1.54) is 0 Å². The first-order valence-corrected chi connectivity index (χ1v) is 9.01. The number of nitrogens with one attached hydrogen (secondary N) is 1. The summed E-state index contributed by atoms with van der Waals surface area (Å²) in [5.41, 5.74) is 3.83. The van der Waals surface area contributed by atoms with Crippen molar-refractivity contribution in [2.75, 3.05) is 11.1 Å². The van der Waals surface area contributed by atoms with Gasteiger partial charge in [0.25, 0.3) is 0 Å². The van der Waals surface area contributed by atoms with Crippen molar-refractivity contribution in [3.05, 3.63) is 53.1 Å². The summed E-state index contributed by atoms with van der Waals surface area (Å²) >= 11 is 7.56. The third-order valence-corrected chi connectivity index (χ3v) is 5.05. The van der Waals surface area contributed by atoms with Gasteiger partial charge in [-0.2, -0.15) is 0 Å². The lowest BCUT2D eigenvalue weighted by Crippen LogP contribution is -2.13. The van der Waals surface area contributed by atoms with Gasteiger partial charge in [-0.15, -0.1) is 0 Å². The van der Waals surface area contributed by atoms with Gasteiger partial charge in [0.1, 0.15) is 0 Å². The molecule has 0 atom stereocenters. The van der Waals surface area contributed by atoms with Gasteiger partial charge in [0, 0.05) is 29.9 Å². The van der Waals surface area contributed by atoms with Crippen molar-refractivity contribution in [3.8, 4) is 0 Å². The van der Waals surface area contributed by atoms with E-state index >= 15 is 0 Å². The number of fused-ring (bicyclic) bond motifs is 1. The van der Waals surface area contributed by atoms with Gasteiger partial charge in [-0.3, -0.25) is 4.79 Å². The molecule has 0 saturated heterocycles. The molecule has 0 aliphatic heterocycles. The first kappa shape index (κ1) is 16.9. The lowest BCUT2D eigenvalue weighted by molar-refractivity contribution is -0.115. The molecule has 3 rings (SSSR count). The van der Waals surface area contributed by atoms with Gasteiger partial charge < -0.3 is 9.88 Å². The number of rotatable bonds is 5. The van der Waals surface area contributed by atoms with E-state index in [4.69, 9.17) is 11.6 Å². The number of anilines is 1. The SMILES string of the molecule is Cc1ccc(Cl)cc1NC(=O)CCSc1nc2ccccc2n1C. The standard InChI is InChI=1S/C18H18ClN3OS/c1-12-7-8-13(19)11-15(12)20-17(23)9-10-24-18-21-14-5-3-4-6-16(14)22(18)2/h3-8,11H,9-10H2,1-2H3,(H,20,23). The minimum Gasteiger partial charge on any atom is -0.326 e. The molecule has 0 bridgehead atoms. The number of amides is 1. The van der Waals surface area contributed by atoms with E-state index in [-0.39, 0.29) is 5.91 Å². The summed E-state index contributed by atoms with van der Waals surface area (Å²) in [6.45, 7) is 1.94. The van der Waals surface area contributed by atoms with Crippen molar-refractivity contribution in [1.29, 1.82) is 0 Å². The Balaban J connectivity index is 1.58. The zero-order valence-corrected chi connectivity index (χ0v) is 15.1. The molecule has 0 spiro atoms. The predicted octanol–water partition coefficient (Wildman–Crippen LogP) is 4.66. The van der Waals surface area contributed by atoms with Crippen molar-refractivity contribution < 1.29 is 4.79 Å². The maximum Gasteiger partial charge on any atom is 0.225 e. The number of carbonyl (C=O) groups is 1. The zero-order chi connectivity index (χ0) is 17.1. The molecule has 0 radical (unpaired) electrons. The van der Waals surface area contributed by atoms with Crippen molar-refractivity contribution in [2.45, 2.75) is 18.5 Å². The quantitative estimate of drug-likeness (QED) is 0.674. The van der Waals surface area contributed by atoms with Crippen LogP contribution < -0.4 is 5.32 Å². The van der Waals surface area contributed by atoms with Crippen molar-refractivity contribution in [3.63, 3.8) is 0 Å². The fraction of sp³-hybridized carbons (Fsp3) is 0.222. The van der Waals surface area contributed by atoms with Crippen LogP contribution in [0.2, 0.25) is 5.02 Å². The van der Waals surface area contributed by atoms with Gasteiger partial charge in [-0.25, -0.2) is 4.98 Å². The Labute approximate surface area is 150 Å². The first-order chi connectivity index (χ1) is 11.5. The van der Waals surface area contributed by atoms with Crippen LogP contribution in [-0.2, 0) is 11.8 Å². The molecule has 1 amide bonds. The molecule has 0 saturated carbocycles. The highest BCUT2D eigenvalue weighted by Crippen LogP contribution is 2.24. The number of hydrogen-bond acceptors (Lipinski definition) is 3. The average Bonchev–Trinajstić information content (AvgIpc) is 2.88. The van der Waals surface area contributed by atoms with Gasteiger partial charge >= 0.3 is 0 Å². The Morgan fingerprint density at radius 2 is 2.08 bits per heavy atom. The fourth-order valence-electron chi connectivity index (χ4n) is 2.43. The maximum atomic E-state index is 12.1. The van der Waals surface area contributed by atoms with Crippen LogP contribution in [0.5, 0.6) is 0 Å². The van der Waals surface area contributed by atoms with E-state index in [1.54, 1.807) is 17.8 Å². The largest absolute Gasteiger partial charge is 0.326 e. The Kier molecular flexibility index (Phi) is 5.11. The van der Waals surface area contributed by atoms with Crippen molar-refractivity contribution in [1.82, 2.24) is 9.55 Å². The molecule has 0 fully saturated rings. The number of aryl methyl sites for hydroxylation is 2. The summed E-state index contributed by atoms with van der Waals surface area (Å²) in [7, 11) is 1.99.